The summed E-state index contributed by atoms with van der Waals surface area (Å²) in [7, 11) is 0. The molecule has 0 atom stereocenters. The van der Waals surface area contributed by atoms with Crippen LogP contribution in [0.2, 0.25) is 0 Å². The average Bonchev–Trinajstić information content (AvgIpc) is 3.50. The van der Waals surface area contributed by atoms with Gasteiger partial charge in [-0.3, -0.25) is 0 Å². The topological polar surface area (TPSA) is 3.24 Å². The normalized spacial score (nSPS) is 12.6. The summed E-state index contributed by atoms with van der Waals surface area (Å²) in [5.74, 6) is 0. The van der Waals surface area contributed by atoms with E-state index in [1.807, 2.05) is 0 Å². The fourth-order valence-electron chi connectivity index (χ4n) is 8.79. The fraction of sp³-hybridized carbons (Fsp3) is 0.0545. The molecule has 56 heavy (non-hydrogen) atoms. The van der Waals surface area contributed by atoms with Crippen molar-refractivity contribution < 1.29 is 0 Å². The van der Waals surface area contributed by atoms with Crippen LogP contribution in [0.5, 0.6) is 0 Å². The Morgan fingerprint density at radius 1 is 0.321 bits per heavy atom. The van der Waals surface area contributed by atoms with Crippen molar-refractivity contribution in [3.63, 3.8) is 0 Å². The van der Waals surface area contributed by atoms with Gasteiger partial charge >= 0.3 is 0 Å². The van der Waals surface area contributed by atoms with Crippen molar-refractivity contribution in [2.45, 2.75) is 19.3 Å². The highest BCUT2D eigenvalue weighted by atomic mass is 15.1. The Bertz CT molecular complexity index is 2830. The maximum atomic E-state index is 2.41. The summed E-state index contributed by atoms with van der Waals surface area (Å²) in [4.78, 5) is 2.40. The van der Waals surface area contributed by atoms with E-state index in [4.69, 9.17) is 0 Å². The molecule has 9 aromatic rings. The first-order chi connectivity index (χ1) is 27.5. The molecular weight excluding hydrogens is 675 g/mol. The minimum Gasteiger partial charge on any atom is -0.310 e. The van der Waals surface area contributed by atoms with Crippen LogP contribution < -0.4 is 4.90 Å². The zero-order chi connectivity index (χ0) is 37.6. The van der Waals surface area contributed by atoms with E-state index in [9.17, 15) is 0 Å². The van der Waals surface area contributed by atoms with Crippen LogP contribution in [0.3, 0.4) is 0 Å². The lowest BCUT2D eigenvalue weighted by atomic mass is 9.82. The quantitative estimate of drug-likeness (QED) is 0.159. The third kappa shape index (κ3) is 5.81. The van der Waals surface area contributed by atoms with E-state index in [1.54, 1.807) is 0 Å². The van der Waals surface area contributed by atoms with Gasteiger partial charge in [0.2, 0.25) is 0 Å². The summed E-state index contributed by atoms with van der Waals surface area (Å²) in [6.45, 7) is 4.71. The second kappa shape index (κ2) is 13.7. The van der Waals surface area contributed by atoms with Gasteiger partial charge in [0, 0.05) is 22.5 Å². The van der Waals surface area contributed by atoms with Crippen LogP contribution in [0.1, 0.15) is 25.0 Å². The van der Waals surface area contributed by atoms with E-state index < -0.39 is 0 Å². The van der Waals surface area contributed by atoms with Gasteiger partial charge in [0.1, 0.15) is 0 Å². The van der Waals surface area contributed by atoms with E-state index >= 15 is 0 Å². The Labute approximate surface area is 329 Å². The van der Waals surface area contributed by atoms with Gasteiger partial charge in [-0.25, -0.2) is 0 Å². The van der Waals surface area contributed by atoms with Crippen LogP contribution in [0, 0.1) is 0 Å². The van der Waals surface area contributed by atoms with Gasteiger partial charge in [-0.05, 0) is 114 Å². The Kier molecular flexibility index (Phi) is 8.23. The average molecular weight is 716 g/mol. The number of rotatable bonds is 7. The third-order valence-corrected chi connectivity index (χ3v) is 11.7. The van der Waals surface area contributed by atoms with Crippen LogP contribution in [0.15, 0.2) is 212 Å². The highest BCUT2D eigenvalue weighted by Gasteiger charge is 2.35. The Morgan fingerprint density at radius 2 is 0.786 bits per heavy atom. The van der Waals surface area contributed by atoms with Crippen molar-refractivity contribution in [1.29, 1.82) is 0 Å². The third-order valence-electron chi connectivity index (χ3n) is 11.7. The van der Waals surface area contributed by atoms with Crippen molar-refractivity contribution >= 4 is 27.8 Å². The van der Waals surface area contributed by atoms with Crippen molar-refractivity contribution in [2.75, 3.05) is 4.90 Å². The Balaban J connectivity index is 1.08. The summed E-state index contributed by atoms with van der Waals surface area (Å²) in [5.41, 5.74) is 18.4. The van der Waals surface area contributed by atoms with Crippen molar-refractivity contribution in [1.82, 2.24) is 0 Å². The summed E-state index contributed by atoms with van der Waals surface area (Å²) < 4.78 is 0. The van der Waals surface area contributed by atoms with E-state index in [0.29, 0.717) is 0 Å². The van der Waals surface area contributed by atoms with Gasteiger partial charge in [-0.1, -0.05) is 190 Å². The zero-order valence-electron chi connectivity index (χ0n) is 31.7. The molecular formula is C55H41N. The first kappa shape index (κ1) is 33.6. The number of nitrogens with zero attached hydrogens (tertiary/aromatic N) is 1. The molecule has 0 unspecified atom stereocenters. The number of hydrogen-bond acceptors (Lipinski definition) is 1. The molecule has 0 amide bonds. The molecule has 1 aliphatic carbocycles. The predicted octanol–water partition coefficient (Wildman–Crippen LogP) is 15.3. The van der Waals surface area contributed by atoms with Crippen molar-refractivity contribution in [2.24, 2.45) is 0 Å². The van der Waals surface area contributed by atoms with Crippen molar-refractivity contribution in [3.8, 4) is 55.6 Å². The largest absolute Gasteiger partial charge is 0.310 e. The zero-order valence-corrected chi connectivity index (χ0v) is 31.7. The van der Waals surface area contributed by atoms with E-state index in [1.165, 1.54) is 77.5 Å². The summed E-state index contributed by atoms with van der Waals surface area (Å²) in [5, 5.41) is 2.49. The van der Waals surface area contributed by atoms with Crippen molar-refractivity contribution in [3.05, 3.63) is 223 Å². The van der Waals surface area contributed by atoms with Gasteiger partial charge in [0.15, 0.2) is 0 Å². The van der Waals surface area contributed by atoms with E-state index in [-0.39, 0.29) is 5.41 Å². The second-order valence-electron chi connectivity index (χ2n) is 15.3. The first-order valence-corrected chi connectivity index (χ1v) is 19.5. The lowest BCUT2D eigenvalue weighted by Crippen LogP contribution is -2.16. The molecule has 9 aromatic carbocycles. The summed E-state index contributed by atoms with van der Waals surface area (Å²) >= 11 is 0. The molecule has 0 bridgehead atoms. The van der Waals surface area contributed by atoms with Crippen LogP contribution in [0.4, 0.5) is 17.1 Å². The van der Waals surface area contributed by atoms with E-state index in [2.05, 4.69) is 231 Å². The Morgan fingerprint density at radius 3 is 1.45 bits per heavy atom. The lowest BCUT2D eigenvalue weighted by molar-refractivity contribution is 0.660. The molecule has 0 aromatic heterocycles. The van der Waals surface area contributed by atoms with Gasteiger partial charge < -0.3 is 4.90 Å². The number of anilines is 3. The molecule has 1 heteroatoms. The monoisotopic (exact) mass is 715 g/mol. The molecule has 0 radical (unpaired) electrons. The molecule has 0 spiro atoms. The number of hydrogen-bond donors (Lipinski definition) is 0. The minimum atomic E-state index is -0.0968. The van der Waals surface area contributed by atoms with Gasteiger partial charge in [0.25, 0.3) is 0 Å². The molecule has 0 heterocycles. The molecule has 1 nitrogen and oxygen atoms in total. The molecule has 0 fully saturated rings. The minimum absolute atomic E-state index is 0.0968. The first-order valence-electron chi connectivity index (χ1n) is 19.5. The van der Waals surface area contributed by atoms with Gasteiger partial charge in [-0.2, -0.15) is 0 Å². The van der Waals surface area contributed by atoms with Crippen LogP contribution in [-0.4, -0.2) is 0 Å². The molecule has 266 valence electrons. The maximum Gasteiger partial charge on any atom is 0.0465 e. The number of fused-ring (bicyclic) bond motifs is 4. The maximum absolute atomic E-state index is 2.41. The molecule has 1 aliphatic rings. The molecule has 10 rings (SSSR count). The SMILES string of the molecule is CC1(C)c2ccccc2-c2ccc(N(c3ccc(-c4ccccc4)cc3)c3ccc(-c4ccc5ccccc5c4-c4ccc(-c5ccccc5)cc4)cc3)cc21. The van der Waals surface area contributed by atoms with Gasteiger partial charge in [0.05, 0.1) is 0 Å². The van der Waals surface area contributed by atoms with Gasteiger partial charge in [-0.15, -0.1) is 0 Å². The number of benzene rings is 9. The van der Waals surface area contributed by atoms with E-state index in [0.717, 1.165) is 17.1 Å². The Hall–Kier alpha value is -6.96. The fourth-order valence-corrected chi connectivity index (χ4v) is 8.79. The second-order valence-corrected chi connectivity index (χ2v) is 15.3. The van der Waals surface area contributed by atoms with Crippen LogP contribution in [-0.2, 0) is 5.41 Å². The lowest BCUT2D eigenvalue weighted by Gasteiger charge is -2.28. The predicted molar refractivity (Wildman–Crippen MR) is 238 cm³/mol. The summed E-state index contributed by atoms with van der Waals surface area (Å²) in [6.07, 6.45) is 0. The molecule has 0 aliphatic heterocycles. The smallest absolute Gasteiger partial charge is 0.0465 e. The van der Waals surface area contributed by atoms with Crippen LogP contribution in [0.25, 0.3) is 66.4 Å². The standard InChI is InChI=1S/C55H41N/c1-55(2)52-20-12-11-19-50(52)51-36-34-47(37-53(51)55)56(45-30-25-41(26-31-45)39-15-7-4-8-16-39)46-32-27-43(28-33-46)49-35-29-42-17-9-10-18-48(42)54(49)44-23-21-40(22-24-44)38-13-5-3-6-14-38/h3-37H,1-2H3. The van der Waals surface area contributed by atoms with Crippen LogP contribution >= 0.6 is 0 Å². The highest BCUT2D eigenvalue weighted by Crippen LogP contribution is 2.51. The molecule has 0 N–H and O–H groups in total. The summed E-state index contributed by atoms with van der Waals surface area (Å²) in [6, 6.07) is 77.6. The highest BCUT2D eigenvalue weighted by molar-refractivity contribution is 6.04. The molecule has 0 saturated heterocycles. The molecule has 0 saturated carbocycles.